The van der Waals surface area contributed by atoms with Crippen LogP contribution in [0.5, 0.6) is 0 Å². The van der Waals surface area contributed by atoms with Gasteiger partial charge in [0.2, 0.25) is 0 Å². The van der Waals surface area contributed by atoms with Crippen LogP contribution in [0.2, 0.25) is 20.5 Å². The van der Waals surface area contributed by atoms with E-state index in [0.717, 1.165) is 4.75 Å². The molecular formula is C24H44Ge2. The third-order valence-corrected chi connectivity index (χ3v) is 23.4. The Hall–Kier alpha value is 0.0457. The third kappa shape index (κ3) is 6.02. The quantitative estimate of drug-likeness (QED) is 0.314. The van der Waals surface area contributed by atoms with Crippen molar-refractivity contribution in [2.75, 3.05) is 0 Å². The zero-order valence-corrected chi connectivity index (χ0v) is 24.0. The van der Waals surface area contributed by atoms with Gasteiger partial charge in [0.25, 0.3) is 0 Å². The number of hydrogen-bond donors (Lipinski definition) is 0. The first-order valence-electron chi connectivity index (χ1n) is 11.2. The van der Waals surface area contributed by atoms with Gasteiger partial charge in [0.1, 0.15) is 0 Å². The number of rotatable bonds is 8. The predicted octanol–water partition coefficient (Wildman–Crippen LogP) is 7.70. The first kappa shape index (κ1) is 24.1. The van der Waals surface area contributed by atoms with Crippen molar-refractivity contribution >= 4 is 28.7 Å². The standard InChI is InChI=1S/C15H28Ge.C9H16Ge/c1-6-13-11-12-15(14(13)7-2)16(8-3,9-4)10-5;1-7(2)10-9-6-4-5-8(9)3/h11H,6-10,12H2,1-5H3;4-5,7H,6,10H2,1-3H3. The minimum atomic E-state index is -1.65. The molecule has 0 fully saturated rings. The molecule has 2 rings (SSSR count). The van der Waals surface area contributed by atoms with Crippen LogP contribution < -0.4 is 0 Å². The molecule has 0 heterocycles. The van der Waals surface area contributed by atoms with Crippen molar-refractivity contribution in [2.24, 2.45) is 0 Å². The molecular weight excluding hydrogens is 433 g/mol. The van der Waals surface area contributed by atoms with E-state index in [0.29, 0.717) is 0 Å². The topological polar surface area (TPSA) is 0 Å². The van der Waals surface area contributed by atoms with Crippen LogP contribution in [-0.4, -0.2) is 28.7 Å². The van der Waals surface area contributed by atoms with Gasteiger partial charge >= 0.3 is 174 Å². The van der Waals surface area contributed by atoms with Gasteiger partial charge in [-0.3, -0.25) is 0 Å². The van der Waals surface area contributed by atoms with Crippen LogP contribution in [0.4, 0.5) is 0 Å². The summed E-state index contributed by atoms with van der Waals surface area (Å²) in [5.41, 5.74) is 5.02. The van der Waals surface area contributed by atoms with Gasteiger partial charge in [0, 0.05) is 0 Å². The molecule has 0 aromatic carbocycles. The van der Waals surface area contributed by atoms with Gasteiger partial charge in [-0.1, -0.05) is 0 Å². The average Bonchev–Trinajstić information content (AvgIpc) is 3.23. The van der Waals surface area contributed by atoms with E-state index < -0.39 is 13.3 Å². The Balaban J connectivity index is 0.000000289. The van der Waals surface area contributed by atoms with Gasteiger partial charge in [0.05, 0.1) is 0 Å². The van der Waals surface area contributed by atoms with Crippen molar-refractivity contribution in [1.29, 1.82) is 0 Å². The Morgan fingerprint density at radius 3 is 1.96 bits per heavy atom. The van der Waals surface area contributed by atoms with Gasteiger partial charge in [-0.15, -0.1) is 0 Å². The molecule has 0 aliphatic heterocycles. The maximum absolute atomic E-state index is 2.52. The molecule has 0 radical (unpaired) electrons. The Bertz CT molecular complexity index is 561. The van der Waals surface area contributed by atoms with E-state index in [4.69, 9.17) is 0 Å². The average molecular weight is 478 g/mol. The SMILES string of the molecule is CC1=[C]([GeH2][CH](C)C)CC=C1.CCC1=CC[C]([Ge]([CH2]C)([CH2]C)[CH2]C)=C1CC. The molecule has 148 valence electrons. The predicted molar refractivity (Wildman–Crippen MR) is 128 cm³/mol. The zero-order chi connectivity index (χ0) is 19.7. The van der Waals surface area contributed by atoms with Crippen molar-refractivity contribution in [3.63, 3.8) is 0 Å². The fourth-order valence-electron chi connectivity index (χ4n) is 4.78. The number of hydrogen-bond acceptors (Lipinski definition) is 0. The molecule has 0 atom stereocenters. The molecule has 26 heavy (non-hydrogen) atoms. The monoisotopic (exact) mass is 480 g/mol. The van der Waals surface area contributed by atoms with Crippen molar-refractivity contribution in [1.82, 2.24) is 0 Å². The van der Waals surface area contributed by atoms with Crippen LogP contribution in [0.1, 0.15) is 81.1 Å². The van der Waals surface area contributed by atoms with Gasteiger partial charge < -0.3 is 0 Å². The molecule has 0 saturated heterocycles. The molecule has 0 bridgehead atoms. The Morgan fingerprint density at radius 1 is 0.962 bits per heavy atom. The van der Waals surface area contributed by atoms with Gasteiger partial charge in [-0.25, -0.2) is 0 Å². The van der Waals surface area contributed by atoms with Crippen LogP contribution >= 0.6 is 0 Å². The summed E-state index contributed by atoms with van der Waals surface area (Å²) >= 11 is -1.98. The molecule has 0 N–H and O–H groups in total. The molecule has 0 saturated carbocycles. The van der Waals surface area contributed by atoms with E-state index in [1.165, 1.54) is 41.4 Å². The maximum atomic E-state index is 2.52. The molecule has 0 aromatic heterocycles. The first-order chi connectivity index (χ1) is 12.4. The van der Waals surface area contributed by atoms with E-state index in [1.807, 2.05) is 8.81 Å². The Kier molecular flexibility index (Phi) is 10.9. The van der Waals surface area contributed by atoms with E-state index >= 15 is 0 Å². The second kappa shape index (κ2) is 11.8. The summed E-state index contributed by atoms with van der Waals surface area (Å²) in [6.45, 7) is 19.0. The summed E-state index contributed by atoms with van der Waals surface area (Å²) in [5, 5.41) is 4.45. The fraction of sp³-hybridized carbons (Fsp3) is 0.667. The summed E-state index contributed by atoms with van der Waals surface area (Å²) in [4.78, 5) is 0. The third-order valence-electron chi connectivity index (χ3n) is 6.65. The van der Waals surface area contributed by atoms with Gasteiger partial charge in [-0.05, 0) is 0 Å². The molecule has 0 unspecified atom stereocenters. The van der Waals surface area contributed by atoms with Crippen LogP contribution in [-0.2, 0) is 0 Å². The van der Waals surface area contributed by atoms with Crippen LogP contribution in [0.15, 0.2) is 43.8 Å². The molecule has 2 heteroatoms. The van der Waals surface area contributed by atoms with E-state index in [2.05, 4.69) is 73.6 Å². The summed E-state index contributed by atoms with van der Waals surface area (Å²) in [6, 6.07) is 0. The molecule has 2 aliphatic rings. The molecule has 0 amide bonds. The summed E-state index contributed by atoms with van der Waals surface area (Å²) in [5.74, 6) is 0. The second-order valence-corrected chi connectivity index (χ2v) is 25.6. The van der Waals surface area contributed by atoms with E-state index in [1.54, 1.807) is 16.7 Å². The van der Waals surface area contributed by atoms with Gasteiger partial charge in [0.15, 0.2) is 0 Å². The van der Waals surface area contributed by atoms with Crippen molar-refractivity contribution < 1.29 is 0 Å². The molecule has 0 nitrogen and oxygen atoms in total. The summed E-state index contributed by atoms with van der Waals surface area (Å²) in [6.07, 6.45) is 12.2. The van der Waals surface area contributed by atoms with E-state index in [-0.39, 0.29) is 15.4 Å². The van der Waals surface area contributed by atoms with Crippen molar-refractivity contribution in [3.8, 4) is 0 Å². The van der Waals surface area contributed by atoms with Crippen LogP contribution in [0.3, 0.4) is 0 Å². The summed E-state index contributed by atoms with van der Waals surface area (Å²) in [7, 11) is 0. The number of allylic oxidation sites excluding steroid dienone is 8. The van der Waals surface area contributed by atoms with Crippen LogP contribution in [0, 0.1) is 0 Å². The molecule has 2 aliphatic carbocycles. The molecule has 0 spiro atoms. The van der Waals surface area contributed by atoms with Gasteiger partial charge in [-0.2, -0.15) is 0 Å². The normalized spacial score (nSPS) is 17.7. The summed E-state index contributed by atoms with van der Waals surface area (Å²) < 4.78 is 4.77. The minimum absolute atomic E-state index is 0.322. The fourth-order valence-corrected chi connectivity index (χ4v) is 17.5. The second-order valence-electron chi connectivity index (χ2n) is 8.43. The van der Waals surface area contributed by atoms with Crippen molar-refractivity contribution in [2.45, 2.75) is 102 Å². The van der Waals surface area contributed by atoms with Crippen LogP contribution in [0.25, 0.3) is 0 Å². The van der Waals surface area contributed by atoms with Crippen molar-refractivity contribution in [3.05, 3.63) is 43.8 Å². The zero-order valence-electron chi connectivity index (χ0n) is 19.0. The molecule has 0 aromatic rings. The van der Waals surface area contributed by atoms with E-state index in [9.17, 15) is 0 Å². The first-order valence-corrected chi connectivity index (χ1v) is 19.9. The Labute approximate surface area is 173 Å². The Morgan fingerprint density at radius 2 is 1.58 bits per heavy atom.